The zero-order chi connectivity index (χ0) is 22.8. The number of furan rings is 1. The van der Waals surface area contributed by atoms with Crippen LogP contribution in [0.15, 0.2) is 53.1 Å². The third-order valence-electron chi connectivity index (χ3n) is 6.38. The van der Waals surface area contributed by atoms with Gasteiger partial charge in [-0.15, -0.1) is 10.2 Å². The summed E-state index contributed by atoms with van der Waals surface area (Å²) in [6.45, 7) is 4.50. The van der Waals surface area contributed by atoms with Crippen molar-refractivity contribution in [1.29, 1.82) is 0 Å². The van der Waals surface area contributed by atoms with Crippen LogP contribution in [0.2, 0.25) is 10.0 Å². The van der Waals surface area contributed by atoms with Crippen LogP contribution in [-0.4, -0.2) is 60.3 Å². The molecule has 1 atom stereocenters. The maximum absolute atomic E-state index is 13.3. The van der Waals surface area contributed by atoms with Crippen molar-refractivity contribution >= 4 is 40.6 Å². The molecule has 0 bridgehead atoms. The number of hydrogen-bond acceptors (Lipinski definition) is 6. The second-order valence-electron chi connectivity index (χ2n) is 8.45. The maximum Gasteiger partial charge on any atom is 0.227 e. The fraction of sp³-hybridized carbons (Fsp3) is 0.375. The van der Waals surface area contributed by atoms with E-state index >= 15 is 0 Å². The number of halogens is 2. The van der Waals surface area contributed by atoms with Crippen molar-refractivity contribution in [2.75, 3.05) is 49.1 Å². The zero-order valence-electron chi connectivity index (χ0n) is 18.2. The van der Waals surface area contributed by atoms with Crippen molar-refractivity contribution < 1.29 is 9.21 Å². The van der Waals surface area contributed by atoms with Crippen molar-refractivity contribution in [1.82, 2.24) is 15.1 Å². The molecule has 0 saturated carbocycles. The largest absolute Gasteiger partial charge is 0.463 e. The van der Waals surface area contributed by atoms with E-state index in [9.17, 15) is 4.79 Å². The molecule has 1 unspecified atom stereocenters. The Balaban J connectivity index is 1.18. The summed E-state index contributed by atoms with van der Waals surface area (Å²) in [5.74, 6) is 1.70. The summed E-state index contributed by atoms with van der Waals surface area (Å²) in [7, 11) is 0. The van der Waals surface area contributed by atoms with Crippen LogP contribution in [0.3, 0.4) is 0 Å². The summed E-state index contributed by atoms with van der Waals surface area (Å²) in [5, 5.41) is 9.79. The highest BCUT2D eigenvalue weighted by Gasteiger charge is 2.31. The normalized spacial score (nSPS) is 19.1. The molecule has 2 aliphatic rings. The van der Waals surface area contributed by atoms with Crippen LogP contribution in [0.5, 0.6) is 0 Å². The zero-order valence-corrected chi connectivity index (χ0v) is 19.7. The van der Waals surface area contributed by atoms with E-state index in [1.807, 2.05) is 47.4 Å². The Kier molecular flexibility index (Phi) is 6.42. The van der Waals surface area contributed by atoms with E-state index in [0.29, 0.717) is 41.1 Å². The van der Waals surface area contributed by atoms with E-state index in [1.54, 1.807) is 6.26 Å². The number of hydrogen-bond donors (Lipinski definition) is 0. The first-order valence-electron chi connectivity index (χ1n) is 11.2. The monoisotopic (exact) mass is 485 g/mol. The molecule has 7 nitrogen and oxygen atoms in total. The third kappa shape index (κ3) is 4.80. The molecule has 1 aromatic carbocycles. The topological polar surface area (TPSA) is 65.7 Å². The molecule has 0 radical (unpaired) electrons. The average Bonchev–Trinajstić information content (AvgIpc) is 3.41. The summed E-state index contributed by atoms with van der Waals surface area (Å²) in [6.07, 6.45) is 3.48. The Morgan fingerprint density at radius 3 is 2.48 bits per heavy atom. The maximum atomic E-state index is 13.3. The van der Waals surface area contributed by atoms with Gasteiger partial charge in [-0.1, -0.05) is 23.2 Å². The van der Waals surface area contributed by atoms with Gasteiger partial charge in [0.25, 0.3) is 0 Å². The number of benzene rings is 1. The number of rotatable bonds is 4. The van der Waals surface area contributed by atoms with Gasteiger partial charge in [0.15, 0.2) is 11.6 Å². The first kappa shape index (κ1) is 22.0. The van der Waals surface area contributed by atoms with Gasteiger partial charge in [-0.2, -0.15) is 0 Å². The summed E-state index contributed by atoms with van der Waals surface area (Å²) < 4.78 is 5.39. The van der Waals surface area contributed by atoms with Gasteiger partial charge >= 0.3 is 0 Å². The molecular weight excluding hydrogens is 461 g/mol. The van der Waals surface area contributed by atoms with Crippen LogP contribution in [0, 0.1) is 5.92 Å². The van der Waals surface area contributed by atoms with Crippen LogP contribution in [0.4, 0.5) is 11.5 Å². The first-order valence-corrected chi connectivity index (χ1v) is 12.0. The van der Waals surface area contributed by atoms with Crippen LogP contribution < -0.4 is 9.80 Å². The summed E-state index contributed by atoms with van der Waals surface area (Å²) in [6, 6.07) is 13.2. The van der Waals surface area contributed by atoms with Crippen molar-refractivity contribution in [3.8, 4) is 11.5 Å². The molecule has 0 aliphatic carbocycles. The highest BCUT2D eigenvalue weighted by Crippen LogP contribution is 2.29. The molecule has 33 heavy (non-hydrogen) atoms. The third-order valence-corrected chi connectivity index (χ3v) is 7.12. The standard InChI is InChI=1S/C24H25Cl2N5O2/c25-19-6-5-18(15-20(19)26)29-10-12-30(13-11-29)24(32)17-3-1-9-31(16-17)23-8-7-21(27-28-23)22-4-2-14-33-22/h2,4-8,14-15,17H,1,3,9-13,16H2. The van der Waals surface area contributed by atoms with Gasteiger partial charge in [-0.3, -0.25) is 4.79 Å². The van der Waals surface area contributed by atoms with E-state index in [-0.39, 0.29) is 11.8 Å². The van der Waals surface area contributed by atoms with Crippen molar-refractivity contribution in [2.45, 2.75) is 12.8 Å². The van der Waals surface area contributed by atoms with Gasteiger partial charge in [0.05, 0.1) is 22.2 Å². The predicted octanol–water partition coefficient (Wildman–Crippen LogP) is 4.61. The minimum atomic E-state index is -0.0261. The van der Waals surface area contributed by atoms with E-state index in [2.05, 4.69) is 20.0 Å². The number of piperazine rings is 1. The van der Waals surface area contributed by atoms with E-state index < -0.39 is 0 Å². The lowest BCUT2D eigenvalue weighted by Gasteiger charge is -2.40. The van der Waals surface area contributed by atoms with E-state index in [4.69, 9.17) is 27.6 Å². The summed E-state index contributed by atoms with van der Waals surface area (Å²) in [5.41, 5.74) is 1.74. The quantitative estimate of drug-likeness (QED) is 0.537. The number of amides is 1. The lowest BCUT2D eigenvalue weighted by molar-refractivity contribution is -0.136. The van der Waals surface area contributed by atoms with Crippen LogP contribution in [0.25, 0.3) is 11.5 Å². The molecule has 172 valence electrons. The molecule has 2 aromatic heterocycles. The smallest absolute Gasteiger partial charge is 0.227 e. The van der Waals surface area contributed by atoms with Crippen molar-refractivity contribution in [3.05, 3.63) is 58.8 Å². The number of carbonyl (C=O) groups excluding carboxylic acids is 1. The number of nitrogens with zero attached hydrogens (tertiary/aromatic N) is 5. The number of carbonyl (C=O) groups is 1. The van der Waals surface area contributed by atoms with Gasteiger partial charge in [0.2, 0.25) is 5.91 Å². The number of anilines is 2. The number of aromatic nitrogens is 2. The molecule has 5 rings (SSSR count). The Bertz CT molecular complexity index is 1100. The van der Waals surface area contributed by atoms with Gasteiger partial charge < -0.3 is 19.1 Å². The Morgan fingerprint density at radius 2 is 1.79 bits per heavy atom. The van der Waals surface area contributed by atoms with Crippen molar-refractivity contribution in [3.63, 3.8) is 0 Å². The van der Waals surface area contributed by atoms with Gasteiger partial charge in [0.1, 0.15) is 5.69 Å². The second kappa shape index (κ2) is 9.61. The van der Waals surface area contributed by atoms with Crippen LogP contribution in [0.1, 0.15) is 12.8 Å². The highest BCUT2D eigenvalue weighted by atomic mass is 35.5. The lowest BCUT2D eigenvalue weighted by Crippen LogP contribution is -2.52. The van der Waals surface area contributed by atoms with Gasteiger partial charge in [-0.05, 0) is 55.3 Å². The van der Waals surface area contributed by atoms with Crippen molar-refractivity contribution in [2.24, 2.45) is 5.92 Å². The molecular formula is C24H25Cl2N5O2. The van der Waals surface area contributed by atoms with Gasteiger partial charge in [-0.25, -0.2) is 0 Å². The van der Waals surface area contributed by atoms with Crippen LogP contribution in [-0.2, 0) is 4.79 Å². The van der Waals surface area contributed by atoms with Crippen LogP contribution >= 0.6 is 23.2 Å². The molecule has 4 heterocycles. The highest BCUT2D eigenvalue weighted by molar-refractivity contribution is 6.42. The Hall–Kier alpha value is -2.77. The molecule has 1 amide bonds. The number of piperidine rings is 1. The first-order chi connectivity index (χ1) is 16.1. The molecule has 3 aromatic rings. The minimum absolute atomic E-state index is 0.0261. The van der Waals surface area contributed by atoms with Gasteiger partial charge in [0, 0.05) is 45.0 Å². The molecule has 0 spiro atoms. The van der Waals surface area contributed by atoms with E-state index in [0.717, 1.165) is 44.0 Å². The Labute approximate surface area is 202 Å². The average molecular weight is 486 g/mol. The molecule has 9 heteroatoms. The minimum Gasteiger partial charge on any atom is -0.463 e. The molecule has 0 N–H and O–H groups in total. The second-order valence-corrected chi connectivity index (χ2v) is 9.26. The Morgan fingerprint density at radius 1 is 0.939 bits per heavy atom. The van der Waals surface area contributed by atoms with E-state index in [1.165, 1.54) is 0 Å². The SMILES string of the molecule is O=C(C1CCCN(c2ccc(-c3ccco3)nn2)C1)N1CCN(c2ccc(Cl)c(Cl)c2)CC1. The molecule has 2 aliphatic heterocycles. The molecule has 2 saturated heterocycles. The fourth-order valence-corrected chi connectivity index (χ4v) is 4.85. The molecule has 2 fully saturated rings. The lowest BCUT2D eigenvalue weighted by atomic mass is 9.96. The summed E-state index contributed by atoms with van der Waals surface area (Å²) in [4.78, 5) is 19.7. The fourth-order valence-electron chi connectivity index (χ4n) is 4.56. The predicted molar refractivity (Wildman–Crippen MR) is 130 cm³/mol. The summed E-state index contributed by atoms with van der Waals surface area (Å²) >= 11 is 12.2.